The molecule has 2 saturated carbocycles. The van der Waals surface area contributed by atoms with Crippen molar-refractivity contribution < 1.29 is 5.11 Å². The normalized spacial score (nSPS) is 41.2. The van der Waals surface area contributed by atoms with Crippen molar-refractivity contribution in [3.05, 3.63) is 0 Å². The molecule has 0 aromatic carbocycles. The standard InChI is InChI=1S/C13H26N2O/c1-15(11-7-3-2-6-10(11)14)12-8-4-5-9-13(12)16/h10-13,16H,2-9,14H2,1H3. The molecule has 0 saturated heterocycles. The van der Waals surface area contributed by atoms with E-state index >= 15 is 0 Å². The third-order valence-corrected chi connectivity index (χ3v) is 4.52. The number of hydrogen-bond donors (Lipinski definition) is 2. The van der Waals surface area contributed by atoms with E-state index < -0.39 is 0 Å². The van der Waals surface area contributed by atoms with Crippen LogP contribution in [-0.2, 0) is 0 Å². The molecule has 2 aliphatic carbocycles. The topological polar surface area (TPSA) is 49.5 Å². The third-order valence-electron chi connectivity index (χ3n) is 4.52. The molecular weight excluding hydrogens is 200 g/mol. The van der Waals surface area contributed by atoms with Crippen molar-refractivity contribution in [3.8, 4) is 0 Å². The Morgan fingerprint density at radius 1 is 0.938 bits per heavy atom. The molecule has 3 nitrogen and oxygen atoms in total. The van der Waals surface area contributed by atoms with E-state index in [-0.39, 0.29) is 6.10 Å². The summed E-state index contributed by atoms with van der Waals surface area (Å²) in [6.45, 7) is 0. The summed E-state index contributed by atoms with van der Waals surface area (Å²) in [6.07, 6.45) is 9.35. The Bertz CT molecular complexity index is 200. The molecule has 0 aliphatic heterocycles. The zero-order chi connectivity index (χ0) is 11.5. The van der Waals surface area contributed by atoms with Gasteiger partial charge in [-0.2, -0.15) is 0 Å². The number of hydrogen-bond acceptors (Lipinski definition) is 3. The summed E-state index contributed by atoms with van der Waals surface area (Å²) in [5.74, 6) is 0. The summed E-state index contributed by atoms with van der Waals surface area (Å²) in [5.41, 5.74) is 6.21. The molecule has 4 unspecified atom stereocenters. The lowest BCUT2D eigenvalue weighted by Gasteiger charge is -2.43. The zero-order valence-corrected chi connectivity index (χ0v) is 10.4. The third kappa shape index (κ3) is 2.58. The molecule has 3 heteroatoms. The fourth-order valence-corrected chi connectivity index (χ4v) is 3.46. The van der Waals surface area contributed by atoms with Crippen LogP contribution in [0.25, 0.3) is 0 Å². The van der Waals surface area contributed by atoms with Crippen molar-refractivity contribution in [1.29, 1.82) is 0 Å². The lowest BCUT2D eigenvalue weighted by atomic mass is 9.85. The van der Waals surface area contributed by atoms with Gasteiger partial charge in [0.05, 0.1) is 6.10 Å². The molecule has 0 aromatic heterocycles. The monoisotopic (exact) mass is 226 g/mol. The molecule has 0 amide bonds. The van der Waals surface area contributed by atoms with Crippen molar-refractivity contribution in [1.82, 2.24) is 4.90 Å². The van der Waals surface area contributed by atoms with Gasteiger partial charge in [-0.25, -0.2) is 0 Å². The summed E-state index contributed by atoms with van der Waals surface area (Å²) in [7, 11) is 2.16. The van der Waals surface area contributed by atoms with Crippen molar-refractivity contribution in [3.63, 3.8) is 0 Å². The number of rotatable bonds is 2. The molecule has 0 spiro atoms. The van der Waals surface area contributed by atoms with Crippen LogP contribution in [0.1, 0.15) is 51.4 Å². The minimum atomic E-state index is -0.132. The van der Waals surface area contributed by atoms with E-state index in [0.717, 1.165) is 19.3 Å². The lowest BCUT2D eigenvalue weighted by Crippen LogP contribution is -2.55. The first-order valence-electron chi connectivity index (χ1n) is 6.85. The molecule has 0 heterocycles. The van der Waals surface area contributed by atoms with Gasteiger partial charge in [-0.15, -0.1) is 0 Å². The number of nitrogens with zero attached hydrogens (tertiary/aromatic N) is 1. The first kappa shape index (κ1) is 12.3. The second-order valence-electron chi connectivity index (χ2n) is 5.60. The van der Waals surface area contributed by atoms with Crippen LogP contribution >= 0.6 is 0 Å². The first-order valence-corrected chi connectivity index (χ1v) is 6.85. The molecule has 3 N–H and O–H groups in total. The van der Waals surface area contributed by atoms with Crippen LogP contribution in [0.15, 0.2) is 0 Å². The Balaban J connectivity index is 1.96. The fraction of sp³-hybridized carbons (Fsp3) is 1.00. The molecule has 2 aliphatic rings. The highest BCUT2D eigenvalue weighted by atomic mass is 16.3. The summed E-state index contributed by atoms with van der Waals surface area (Å²) in [5, 5.41) is 10.1. The minimum Gasteiger partial charge on any atom is -0.391 e. The van der Waals surface area contributed by atoms with Gasteiger partial charge >= 0.3 is 0 Å². The second kappa shape index (κ2) is 5.48. The van der Waals surface area contributed by atoms with Gasteiger partial charge in [0.2, 0.25) is 0 Å². The number of nitrogens with two attached hydrogens (primary N) is 1. The molecule has 0 bridgehead atoms. The largest absolute Gasteiger partial charge is 0.391 e. The Morgan fingerprint density at radius 2 is 1.50 bits per heavy atom. The van der Waals surface area contributed by atoms with E-state index in [4.69, 9.17) is 5.73 Å². The van der Waals surface area contributed by atoms with E-state index in [1.54, 1.807) is 0 Å². The fourth-order valence-electron chi connectivity index (χ4n) is 3.46. The quantitative estimate of drug-likeness (QED) is 0.750. The summed E-state index contributed by atoms with van der Waals surface area (Å²) >= 11 is 0. The Labute approximate surface area is 99.0 Å². The van der Waals surface area contributed by atoms with Crippen LogP contribution < -0.4 is 5.73 Å². The average molecular weight is 226 g/mol. The zero-order valence-electron chi connectivity index (χ0n) is 10.4. The van der Waals surface area contributed by atoms with Gasteiger partial charge in [0, 0.05) is 18.1 Å². The van der Waals surface area contributed by atoms with Gasteiger partial charge in [0.25, 0.3) is 0 Å². The first-order chi connectivity index (χ1) is 7.70. The molecule has 2 fully saturated rings. The minimum absolute atomic E-state index is 0.132. The van der Waals surface area contributed by atoms with Crippen molar-refractivity contribution in [2.75, 3.05) is 7.05 Å². The molecule has 0 radical (unpaired) electrons. The van der Waals surface area contributed by atoms with Gasteiger partial charge < -0.3 is 10.8 Å². The van der Waals surface area contributed by atoms with Crippen LogP contribution in [0.2, 0.25) is 0 Å². The molecule has 2 rings (SSSR count). The molecular formula is C13H26N2O. The molecule has 0 aromatic rings. The number of aliphatic hydroxyl groups excluding tert-OH is 1. The Morgan fingerprint density at radius 3 is 2.12 bits per heavy atom. The van der Waals surface area contributed by atoms with E-state index in [2.05, 4.69) is 11.9 Å². The van der Waals surface area contributed by atoms with Crippen LogP contribution in [-0.4, -0.2) is 41.3 Å². The van der Waals surface area contributed by atoms with Crippen LogP contribution in [0, 0.1) is 0 Å². The second-order valence-corrected chi connectivity index (χ2v) is 5.60. The predicted octanol–water partition coefficient (Wildman–Crippen LogP) is 1.49. The highest BCUT2D eigenvalue weighted by Crippen LogP contribution is 2.28. The average Bonchev–Trinajstić information content (AvgIpc) is 2.29. The van der Waals surface area contributed by atoms with Crippen molar-refractivity contribution in [2.45, 2.75) is 75.6 Å². The maximum atomic E-state index is 10.1. The van der Waals surface area contributed by atoms with Gasteiger partial charge in [-0.1, -0.05) is 25.7 Å². The highest BCUT2D eigenvalue weighted by Gasteiger charge is 2.34. The highest BCUT2D eigenvalue weighted by molar-refractivity contribution is 4.91. The van der Waals surface area contributed by atoms with Crippen LogP contribution in [0.5, 0.6) is 0 Å². The smallest absolute Gasteiger partial charge is 0.0695 e. The summed E-state index contributed by atoms with van der Waals surface area (Å²) < 4.78 is 0. The van der Waals surface area contributed by atoms with E-state index in [0.29, 0.717) is 18.1 Å². The summed E-state index contributed by atoms with van der Waals surface area (Å²) in [6, 6.07) is 1.15. The van der Waals surface area contributed by atoms with Gasteiger partial charge in [-0.05, 0) is 32.7 Å². The molecule has 16 heavy (non-hydrogen) atoms. The summed E-state index contributed by atoms with van der Waals surface area (Å²) in [4.78, 5) is 2.38. The lowest BCUT2D eigenvalue weighted by molar-refractivity contribution is 0.000525. The maximum Gasteiger partial charge on any atom is 0.0695 e. The van der Waals surface area contributed by atoms with E-state index in [1.165, 1.54) is 32.1 Å². The van der Waals surface area contributed by atoms with E-state index in [9.17, 15) is 5.11 Å². The predicted molar refractivity (Wildman–Crippen MR) is 66.3 cm³/mol. The van der Waals surface area contributed by atoms with Gasteiger partial charge in [-0.3, -0.25) is 4.90 Å². The van der Waals surface area contributed by atoms with Crippen LogP contribution in [0.3, 0.4) is 0 Å². The van der Waals surface area contributed by atoms with Gasteiger partial charge in [0.15, 0.2) is 0 Å². The Kier molecular flexibility index (Phi) is 4.22. The SMILES string of the molecule is CN(C1CCCCC1N)C1CCCCC1O. The van der Waals surface area contributed by atoms with E-state index in [1.807, 2.05) is 0 Å². The van der Waals surface area contributed by atoms with Crippen molar-refractivity contribution >= 4 is 0 Å². The molecule has 4 atom stereocenters. The number of likely N-dealkylation sites (N-methyl/N-ethyl adjacent to an activating group) is 1. The maximum absolute atomic E-state index is 10.1. The van der Waals surface area contributed by atoms with Crippen LogP contribution in [0.4, 0.5) is 0 Å². The number of aliphatic hydroxyl groups is 1. The Hall–Kier alpha value is -0.120. The molecule has 94 valence electrons. The van der Waals surface area contributed by atoms with Gasteiger partial charge in [0.1, 0.15) is 0 Å². The van der Waals surface area contributed by atoms with Crippen molar-refractivity contribution in [2.24, 2.45) is 5.73 Å².